The highest BCUT2D eigenvalue weighted by Gasteiger charge is 2.06. The number of benzene rings is 1. The van der Waals surface area contributed by atoms with Crippen molar-refractivity contribution in [3.05, 3.63) is 52.6 Å². The first-order valence-electron chi connectivity index (χ1n) is 3.77. The van der Waals surface area contributed by atoms with E-state index in [2.05, 4.69) is 6.58 Å². The second-order valence-corrected chi connectivity index (χ2v) is 2.61. The molecular formula is C9H10N2O2. The Morgan fingerprint density at radius 2 is 2.00 bits per heavy atom. The average molecular weight is 178 g/mol. The van der Waals surface area contributed by atoms with Crippen LogP contribution >= 0.6 is 0 Å². The molecule has 4 nitrogen and oxygen atoms in total. The first-order valence-corrected chi connectivity index (χ1v) is 3.77. The summed E-state index contributed by atoms with van der Waals surface area (Å²) < 4.78 is 0. The lowest BCUT2D eigenvalue weighted by molar-refractivity contribution is -0.384. The maximum absolute atomic E-state index is 10.3. The van der Waals surface area contributed by atoms with E-state index in [0.717, 1.165) is 5.56 Å². The van der Waals surface area contributed by atoms with Gasteiger partial charge in [0.05, 0.1) is 4.92 Å². The van der Waals surface area contributed by atoms with Crippen LogP contribution in [-0.4, -0.2) is 4.92 Å². The van der Waals surface area contributed by atoms with Crippen LogP contribution in [0.1, 0.15) is 11.6 Å². The van der Waals surface area contributed by atoms with Crippen molar-refractivity contribution < 1.29 is 4.92 Å². The fourth-order valence-electron chi connectivity index (χ4n) is 0.954. The third-order valence-electron chi connectivity index (χ3n) is 1.74. The van der Waals surface area contributed by atoms with Crippen LogP contribution in [0.3, 0.4) is 0 Å². The number of hydrogen-bond acceptors (Lipinski definition) is 3. The summed E-state index contributed by atoms with van der Waals surface area (Å²) in [5.41, 5.74) is 6.52. The van der Waals surface area contributed by atoms with Crippen LogP contribution in [-0.2, 0) is 0 Å². The molecule has 1 atom stereocenters. The standard InChI is InChI=1S/C9H10N2O2/c1-2-9(10)7-3-5-8(6-4-7)11(12)13/h2-6,9H,1,10H2/t9-/m0/s1. The van der Waals surface area contributed by atoms with E-state index in [1.54, 1.807) is 18.2 Å². The first-order chi connectivity index (χ1) is 6.15. The van der Waals surface area contributed by atoms with Gasteiger partial charge in [0.1, 0.15) is 0 Å². The van der Waals surface area contributed by atoms with Gasteiger partial charge in [-0.05, 0) is 5.56 Å². The summed E-state index contributed by atoms with van der Waals surface area (Å²) in [5, 5.41) is 10.3. The van der Waals surface area contributed by atoms with Crippen molar-refractivity contribution in [2.45, 2.75) is 6.04 Å². The minimum atomic E-state index is -0.441. The van der Waals surface area contributed by atoms with Crippen molar-refractivity contribution in [1.29, 1.82) is 0 Å². The molecule has 0 radical (unpaired) electrons. The van der Waals surface area contributed by atoms with Gasteiger partial charge in [0.25, 0.3) is 5.69 Å². The van der Waals surface area contributed by atoms with Gasteiger partial charge >= 0.3 is 0 Å². The van der Waals surface area contributed by atoms with Crippen LogP contribution in [0.4, 0.5) is 5.69 Å². The van der Waals surface area contributed by atoms with Crippen LogP contribution in [0.25, 0.3) is 0 Å². The van der Waals surface area contributed by atoms with E-state index < -0.39 is 4.92 Å². The number of nitrogens with zero attached hydrogens (tertiary/aromatic N) is 1. The molecule has 1 aromatic rings. The molecule has 0 aliphatic rings. The van der Waals surface area contributed by atoms with Crippen molar-refractivity contribution in [3.8, 4) is 0 Å². The van der Waals surface area contributed by atoms with Crippen molar-refractivity contribution in [2.24, 2.45) is 5.73 Å². The summed E-state index contributed by atoms with van der Waals surface area (Å²) in [7, 11) is 0. The van der Waals surface area contributed by atoms with Crippen LogP contribution in [0.2, 0.25) is 0 Å². The van der Waals surface area contributed by atoms with Gasteiger partial charge in [-0.1, -0.05) is 18.2 Å². The molecule has 0 aliphatic heterocycles. The number of rotatable bonds is 3. The SMILES string of the molecule is C=C[C@H](N)c1ccc([N+](=O)[O-])cc1. The smallest absolute Gasteiger partial charge is 0.269 e. The number of nitro groups is 1. The predicted octanol–water partition coefficient (Wildman–Crippen LogP) is 1.78. The van der Waals surface area contributed by atoms with E-state index in [1.807, 2.05) is 0 Å². The first kappa shape index (κ1) is 9.41. The minimum absolute atomic E-state index is 0.0695. The number of hydrogen-bond donors (Lipinski definition) is 1. The highest BCUT2D eigenvalue weighted by atomic mass is 16.6. The van der Waals surface area contributed by atoms with Crippen LogP contribution in [0, 0.1) is 10.1 Å². The molecule has 0 unspecified atom stereocenters. The van der Waals surface area contributed by atoms with Gasteiger partial charge in [0.2, 0.25) is 0 Å². The van der Waals surface area contributed by atoms with E-state index >= 15 is 0 Å². The Hall–Kier alpha value is -1.68. The largest absolute Gasteiger partial charge is 0.321 e. The Morgan fingerprint density at radius 3 is 2.38 bits per heavy atom. The highest BCUT2D eigenvalue weighted by Crippen LogP contribution is 2.16. The molecule has 2 N–H and O–H groups in total. The van der Waals surface area contributed by atoms with Crippen LogP contribution in [0.15, 0.2) is 36.9 Å². The van der Waals surface area contributed by atoms with Gasteiger partial charge in [-0.3, -0.25) is 10.1 Å². The lowest BCUT2D eigenvalue weighted by Crippen LogP contribution is -2.05. The van der Waals surface area contributed by atoms with E-state index in [9.17, 15) is 10.1 Å². The monoisotopic (exact) mass is 178 g/mol. The van der Waals surface area contributed by atoms with Gasteiger partial charge < -0.3 is 5.73 Å². The topological polar surface area (TPSA) is 69.2 Å². The Bertz CT molecular complexity index is 319. The molecule has 0 aromatic heterocycles. The van der Waals surface area contributed by atoms with E-state index in [0.29, 0.717) is 0 Å². The third-order valence-corrected chi connectivity index (χ3v) is 1.74. The van der Waals surface area contributed by atoms with Gasteiger partial charge in [0, 0.05) is 18.2 Å². The highest BCUT2D eigenvalue weighted by molar-refractivity contribution is 5.35. The maximum Gasteiger partial charge on any atom is 0.269 e. The quantitative estimate of drug-likeness (QED) is 0.435. The third kappa shape index (κ3) is 2.13. The molecule has 13 heavy (non-hydrogen) atoms. The van der Waals surface area contributed by atoms with Crippen LogP contribution in [0.5, 0.6) is 0 Å². The summed E-state index contributed by atoms with van der Waals surface area (Å²) >= 11 is 0. The Kier molecular flexibility index (Phi) is 2.76. The summed E-state index contributed by atoms with van der Waals surface area (Å²) in [6.07, 6.45) is 1.58. The molecule has 68 valence electrons. The normalized spacial score (nSPS) is 12.1. The lowest BCUT2D eigenvalue weighted by Gasteiger charge is -2.04. The maximum atomic E-state index is 10.3. The molecule has 0 heterocycles. The molecule has 4 heteroatoms. The van der Waals surface area contributed by atoms with E-state index in [-0.39, 0.29) is 11.7 Å². The predicted molar refractivity (Wildman–Crippen MR) is 50.2 cm³/mol. The molecule has 0 saturated carbocycles. The fourth-order valence-corrected chi connectivity index (χ4v) is 0.954. The molecule has 0 amide bonds. The van der Waals surface area contributed by atoms with Crippen molar-refractivity contribution >= 4 is 5.69 Å². The van der Waals surface area contributed by atoms with Gasteiger partial charge in [-0.15, -0.1) is 6.58 Å². The minimum Gasteiger partial charge on any atom is -0.321 e. The van der Waals surface area contributed by atoms with E-state index in [4.69, 9.17) is 5.73 Å². The molecule has 1 rings (SSSR count). The molecule has 0 fully saturated rings. The van der Waals surface area contributed by atoms with Gasteiger partial charge in [-0.25, -0.2) is 0 Å². The van der Waals surface area contributed by atoms with E-state index in [1.165, 1.54) is 12.1 Å². The summed E-state index contributed by atoms with van der Waals surface area (Å²) in [6, 6.07) is 5.85. The summed E-state index contributed by atoms with van der Waals surface area (Å²) in [4.78, 5) is 9.86. The lowest BCUT2D eigenvalue weighted by atomic mass is 10.1. The Labute approximate surface area is 75.8 Å². The molecular weight excluding hydrogens is 168 g/mol. The number of non-ortho nitro benzene ring substituents is 1. The average Bonchev–Trinajstić information content (AvgIpc) is 2.17. The summed E-state index contributed by atoms with van der Waals surface area (Å²) in [5.74, 6) is 0. The second-order valence-electron chi connectivity index (χ2n) is 2.61. The Morgan fingerprint density at radius 1 is 1.46 bits per heavy atom. The van der Waals surface area contributed by atoms with Gasteiger partial charge in [-0.2, -0.15) is 0 Å². The zero-order valence-corrected chi connectivity index (χ0v) is 7.01. The van der Waals surface area contributed by atoms with Crippen LogP contribution < -0.4 is 5.73 Å². The number of nitrogens with two attached hydrogens (primary N) is 1. The second kappa shape index (κ2) is 3.82. The molecule has 0 saturated heterocycles. The zero-order chi connectivity index (χ0) is 9.84. The molecule has 0 aliphatic carbocycles. The fraction of sp³-hybridized carbons (Fsp3) is 0.111. The van der Waals surface area contributed by atoms with Crippen molar-refractivity contribution in [3.63, 3.8) is 0 Å². The summed E-state index contributed by atoms with van der Waals surface area (Å²) in [6.45, 7) is 3.54. The molecule has 0 bridgehead atoms. The molecule has 1 aromatic carbocycles. The van der Waals surface area contributed by atoms with Crippen molar-refractivity contribution in [1.82, 2.24) is 0 Å². The zero-order valence-electron chi connectivity index (χ0n) is 7.01. The number of nitro benzene ring substituents is 1. The molecule has 0 spiro atoms. The Balaban J connectivity index is 2.93. The van der Waals surface area contributed by atoms with Gasteiger partial charge in [0.15, 0.2) is 0 Å². The van der Waals surface area contributed by atoms with Crippen molar-refractivity contribution in [2.75, 3.05) is 0 Å².